The smallest absolute Gasteiger partial charge is 0.119 e. The molecule has 0 heterocycles. The fourth-order valence-electron chi connectivity index (χ4n) is 1.37. The lowest BCUT2D eigenvalue weighted by Crippen LogP contribution is -2.12. The minimum absolute atomic E-state index is 0.375. The molecule has 0 bridgehead atoms. The van der Waals surface area contributed by atoms with Gasteiger partial charge < -0.3 is 10.1 Å². The Morgan fingerprint density at radius 1 is 1.40 bits per heavy atom. The van der Waals surface area contributed by atoms with E-state index in [1.54, 1.807) is 0 Å². The van der Waals surface area contributed by atoms with Crippen molar-refractivity contribution in [3.05, 3.63) is 29.8 Å². The fraction of sp³-hybridized carbons (Fsp3) is 0.538. The zero-order chi connectivity index (χ0) is 11.1. The average Bonchev–Trinajstić information content (AvgIpc) is 2.29. The molecule has 0 aromatic heterocycles. The SMILES string of the molecule is CCCCOc1cccc([C@@H](C)NC)c1. The number of benzene rings is 1. The summed E-state index contributed by atoms with van der Waals surface area (Å²) >= 11 is 0. The minimum atomic E-state index is 0.375. The molecule has 0 saturated heterocycles. The van der Waals surface area contributed by atoms with Crippen molar-refractivity contribution in [2.45, 2.75) is 32.7 Å². The van der Waals surface area contributed by atoms with Crippen molar-refractivity contribution < 1.29 is 4.74 Å². The monoisotopic (exact) mass is 207 g/mol. The van der Waals surface area contributed by atoms with E-state index in [0.717, 1.165) is 18.8 Å². The molecule has 1 aromatic carbocycles. The van der Waals surface area contributed by atoms with Crippen molar-refractivity contribution in [3.63, 3.8) is 0 Å². The Kier molecular flexibility index (Phi) is 5.19. The number of nitrogens with one attached hydrogen (secondary N) is 1. The Labute approximate surface area is 92.6 Å². The molecule has 2 nitrogen and oxygen atoms in total. The largest absolute Gasteiger partial charge is 0.494 e. The highest BCUT2D eigenvalue weighted by molar-refractivity contribution is 5.30. The van der Waals surface area contributed by atoms with Crippen molar-refractivity contribution in [3.8, 4) is 5.75 Å². The van der Waals surface area contributed by atoms with Crippen LogP contribution in [0.3, 0.4) is 0 Å². The molecule has 0 aliphatic heterocycles. The van der Waals surface area contributed by atoms with Crippen LogP contribution in [0.2, 0.25) is 0 Å². The number of ether oxygens (including phenoxy) is 1. The maximum absolute atomic E-state index is 5.65. The third-order valence-corrected chi connectivity index (χ3v) is 2.56. The van der Waals surface area contributed by atoms with Crippen LogP contribution in [0.4, 0.5) is 0 Å². The van der Waals surface area contributed by atoms with E-state index in [4.69, 9.17) is 4.74 Å². The zero-order valence-electron chi connectivity index (χ0n) is 9.92. The Hall–Kier alpha value is -1.02. The second-order valence-electron chi connectivity index (χ2n) is 3.78. The molecule has 1 rings (SSSR count). The first-order chi connectivity index (χ1) is 7.27. The van der Waals surface area contributed by atoms with Gasteiger partial charge in [-0.1, -0.05) is 25.5 Å². The van der Waals surface area contributed by atoms with Gasteiger partial charge in [0, 0.05) is 6.04 Å². The van der Waals surface area contributed by atoms with Gasteiger partial charge in [0.15, 0.2) is 0 Å². The molecule has 1 aromatic rings. The average molecular weight is 207 g/mol. The molecule has 0 aliphatic rings. The summed E-state index contributed by atoms with van der Waals surface area (Å²) in [6.07, 6.45) is 2.29. The van der Waals surface area contributed by atoms with Crippen LogP contribution in [-0.4, -0.2) is 13.7 Å². The molecule has 1 N–H and O–H groups in total. The molecule has 0 amide bonds. The predicted octanol–water partition coefficient (Wildman–Crippen LogP) is 3.15. The molecule has 15 heavy (non-hydrogen) atoms. The van der Waals surface area contributed by atoms with Crippen LogP contribution in [0.1, 0.15) is 38.3 Å². The van der Waals surface area contributed by atoms with Gasteiger partial charge in [0.05, 0.1) is 6.61 Å². The van der Waals surface area contributed by atoms with Gasteiger partial charge in [-0.2, -0.15) is 0 Å². The first-order valence-corrected chi connectivity index (χ1v) is 5.68. The number of rotatable bonds is 6. The van der Waals surface area contributed by atoms with Crippen molar-refractivity contribution in [1.29, 1.82) is 0 Å². The van der Waals surface area contributed by atoms with Crippen LogP contribution in [-0.2, 0) is 0 Å². The molecule has 0 radical (unpaired) electrons. The summed E-state index contributed by atoms with van der Waals surface area (Å²) in [6.45, 7) is 5.13. The van der Waals surface area contributed by atoms with Crippen LogP contribution in [0.5, 0.6) is 5.75 Å². The summed E-state index contributed by atoms with van der Waals surface area (Å²) in [4.78, 5) is 0. The first kappa shape index (κ1) is 12.1. The van der Waals surface area contributed by atoms with Crippen LogP contribution in [0.15, 0.2) is 24.3 Å². The summed E-state index contributed by atoms with van der Waals surface area (Å²) in [7, 11) is 1.97. The lowest BCUT2D eigenvalue weighted by molar-refractivity contribution is 0.309. The highest BCUT2D eigenvalue weighted by Gasteiger charge is 2.03. The molecule has 2 heteroatoms. The Balaban J connectivity index is 2.57. The van der Waals surface area contributed by atoms with E-state index >= 15 is 0 Å². The van der Waals surface area contributed by atoms with Crippen molar-refractivity contribution in [1.82, 2.24) is 5.32 Å². The van der Waals surface area contributed by atoms with Crippen LogP contribution >= 0.6 is 0 Å². The first-order valence-electron chi connectivity index (χ1n) is 5.68. The summed E-state index contributed by atoms with van der Waals surface area (Å²) in [5, 5.41) is 3.22. The van der Waals surface area contributed by atoms with E-state index < -0.39 is 0 Å². The summed E-state index contributed by atoms with van der Waals surface area (Å²) in [5.41, 5.74) is 1.27. The van der Waals surface area contributed by atoms with Gasteiger partial charge in [-0.25, -0.2) is 0 Å². The maximum Gasteiger partial charge on any atom is 0.119 e. The summed E-state index contributed by atoms with van der Waals surface area (Å²) in [6, 6.07) is 8.66. The van der Waals surface area contributed by atoms with Gasteiger partial charge in [-0.15, -0.1) is 0 Å². The Morgan fingerprint density at radius 2 is 2.20 bits per heavy atom. The van der Waals surface area contributed by atoms with E-state index in [0.29, 0.717) is 6.04 Å². The molecule has 84 valence electrons. The minimum Gasteiger partial charge on any atom is -0.494 e. The van der Waals surface area contributed by atoms with E-state index in [2.05, 4.69) is 31.3 Å². The topological polar surface area (TPSA) is 21.3 Å². The fourth-order valence-corrected chi connectivity index (χ4v) is 1.37. The van der Waals surface area contributed by atoms with Crippen molar-refractivity contribution in [2.24, 2.45) is 0 Å². The van der Waals surface area contributed by atoms with E-state index in [1.165, 1.54) is 12.0 Å². The Morgan fingerprint density at radius 3 is 2.87 bits per heavy atom. The van der Waals surface area contributed by atoms with E-state index in [1.807, 2.05) is 19.2 Å². The predicted molar refractivity (Wildman–Crippen MR) is 64.3 cm³/mol. The maximum atomic E-state index is 5.65. The van der Waals surface area contributed by atoms with Gasteiger partial charge >= 0.3 is 0 Å². The van der Waals surface area contributed by atoms with Gasteiger partial charge in [0.2, 0.25) is 0 Å². The summed E-state index contributed by atoms with van der Waals surface area (Å²) in [5.74, 6) is 0.975. The second-order valence-corrected chi connectivity index (χ2v) is 3.78. The third-order valence-electron chi connectivity index (χ3n) is 2.56. The van der Waals surface area contributed by atoms with Crippen LogP contribution in [0.25, 0.3) is 0 Å². The zero-order valence-corrected chi connectivity index (χ0v) is 9.92. The van der Waals surface area contributed by atoms with Gasteiger partial charge in [-0.3, -0.25) is 0 Å². The lowest BCUT2D eigenvalue weighted by Gasteiger charge is -2.12. The number of hydrogen-bond acceptors (Lipinski definition) is 2. The van der Waals surface area contributed by atoms with Gasteiger partial charge in [-0.05, 0) is 38.1 Å². The molecule has 0 fully saturated rings. The highest BCUT2D eigenvalue weighted by atomic mass is 16.5. The number of hydrogen-bond donors (Lipinski definition) is 1. The molecule has 0 spiro atoms. The number of unbranched alkanes of at least 4 members (excludes halogenated alkanes) is 1. The molecular formula is C13H21NO. The van der Waals surface area contributed by atoms with Crippen molar-refractivity contribution in [2.75, 3.05) is 13.7 Å². The highest BCUT2D eigenvalue weighted by Crippen LogP contribution is 2.18. The third kappa shape index (κ3) is 3.92. The second kappa shape index (κ2) is 6.46. The lowest BCUT2D eigenvalue weighted by atomic mass is 10.1. The molecular weight excluding hydrogens is 186 g/mol. The Bertz CT molecular complexity index is 286. The van der Waals surface area contributed by atoms with Gasteiger partial charge in [0.1, 0.15) is 5.75 Å². The van der Waals surface area contributed by atoms with Crippen LogP contribution < -0.4 is 10.1 Å². The molecule has 0 saturated carbocycles. The quantitative estimate of drug-likeness (QED) is 0.723. The van der Waals surface area contributed by atoms with Crippen LogP contribution in [0, 0.1) is 0 Å². The standard InChI is InChI=1S/C13H21NO/c1-4-5-9-15-13-8-6-7-12(10-13)11(2)14-3/h6-8,10-11,14H,4-5,9H2,1-3H3/t11-/m1/s1. The molecule has 1 atom stereocenters. The normalized spacial score (nSPS) is 12.5. The summed E-state index contributed by atoms with van der Waals surface area (Å²) < 4.78 is 5.65. The van der Waals surface area contributed by atoms with Gasteiger partial charge in [0.25, 0.3) is 0 Å². The van der Waals surface area contributed by atoms with E-state index in [-0.39, 0.29) is 0 Å². The molecule has 0 unspecified atom stereocenters. The van der Waals surface area contributed by atoms with E-state index in [9.17, 15) is 0 Å². The molecule has 0 aliphatic carbocycles. The van der Waals surface area contributed by atoms with Crippen molar-refractivity contribution >= 4 is 0 Å².